The molecule has 0 aliphatic heterocycles. The highest BCUT2D eigenvalue weighted by Crippen LogP contribution is 2.32. The summed E-state index contributed by atoms with van der Waals surface area (Å²) in [6.07, 6.45) is 2.47. The number of carbonyl (C=O) groups excluding carboxylic acids is 1. The molecule has 0 heterocycles. The lowest BCUT2D eigenvalue weighted by Crippen LogP contribution is -2.37. The molecule has 1 aliphatic carbocycles. The third-order valence-corrected chi connectivity index (χ3v) is 3.80. The van der Waals surface area contributed by atoms with Gasteiger partial charge in [-0.05, 0) is 60.4 Å². The Kier molecular flexibility index (Phi) is 4.25. The van der Waals surface area contributed by atoms with Crippen LogP contribution in [0.4, 0.5) is 0 Å². The van der Waals surface area contributed by atoms with E-state index in [0.29, 0.717) is 5.92 Å². The van der Waals surface area contributed by atoms with Gasteiger partial charge in [0.25, 0.3) is 5.91 Å². The third kappa shape index (κ3) is 3.87. The highest BCUT2D eigenvalue weighted by Gasteiger charge is 2.28. The van der Waals surface area contributed by atoms with Gasteiger partial charge in [0, 0.05) is 6.04 Å². The first-order valence-electron chi connectivity index (χ1n) is 5.83. The Balaban J connectivity index is 1.77. The molecule has 3 nitrogen and oxygen atoms in total. The molecule has 0 radical (unpaired) electrons. The zero-order chi connectivity index (χ0) is 12.3. The zero-order valence-electron chi connectivity index (χ0n) is 9.78. The molecule has 0 bridgehead atoms. The number of nitrogens with one attached hydrogen (secondary N) is 1. The van der Waals surface area contributed by atoms with E-state index in [1.807, 2.05) is 24.3 Å². The van der Waals surface area contributed by atoms with Crippen LogP contribution in [0, 0.1) is 9.49 Å². The summed E-state index contributed by atoms with van der Waals surface area (Å²) in [5, 5.41) is 2.97. The maximum atomic E-state index is 11.6. The molecular formula is C13H16INO2. The Morgan fingerprint density at radius 1 is 1.53 bits per heavy atom. The van der Waals surface area contributed by atoms with Crippen LogP contribution in [0.1, 0.15) is 19.8 Å². The van der Waals surface area contributed by atoms with E-state index in [2.05, 4.69) is 34.8 Å². The summed E-state index contributed by atoms with van der Waals surface area (Å²) in [6, 6.07) is 7.97. The minimum atomic E-state index is -0.0379. The lowest BCUT2D eigenvalue weighted by atomic mass is 10.2. The van der Waals surface area contributed by atoms with Crippen molar-refractivity contribution >= 4 is 28.5 Å². The Morgan fingerprint density at radius 2 is 2.24 bits per heavy atom. The second kappa shape index (κ2) is 5.71. The lowest BCUT2D eigenvalue weighted by Gasteiger charge is -2.13. The van der Waals surface area contributed by atoms with Gasteiger partial charge in [0.15, 0.2) is 6.61 Å². The molecule has 1 atom stereocenters. The predicted octanol–water partition coefficient (Wildman–Crippen LogP) is 2.58. The van der Waals surface area contributed by atoms with Crippen LogP contribution in [0.25, 0.3) is 0 Å². The molecule has 1 aromatic carbocycles. The minimum absolute atomic E-state index is 0.0379. The van der Waals surface area contributed by atoms with Crippen LogP contribution in [0.2, 0.25) is 0 Å². The fourth-order valence-electron chi connectivity index (χ4n) is 1.71. The van der Waals surface area contributed by atoms with Gasteiger partial charge in [0.2, 0.25) is 0 Å². The molecule has 0 saturated heterocycles. The van der Waals surface area contributed by atoms with Gasteiger partial charge in [-0.1, -0.05) is 12.1 Å². The molecule has 0 spiro atoms. The van der Waals surface area contributed by atoms with Crippen molar-refractivity contribution in [2.75, 3.05) is 6.61 Å². The standard InChI is InChI=1S/C13H16INO2/c1-9(10-6-7-10)15-13(16)8-17-12-5-3-2-4-11(12)14/h2-5,9-10H,6-8H2,1H3,(H,15,16)/t9-/m0/s1. The number of benzene rings is 1. The molecule has 92 valence electrons. The fraction of sp³-hybridized carbons (Fsp3) is 0.462. The van der Waals surface area contributed by atoms with Gasteiger partial charge in [0.05, 0.1) is 3.57 Å². The van der Waals surface area contributed by atoms with E-state index in [-0.39, 0.29) is 18.6 Å². The molecule has 1 aromatic rings. The number of halogens is 1. The Bertz CT molecular complexity index is 404. The average molecular weight is 345 g/mol. The van der Waals surface area contributed by atoms with E-state index in [9.17, 15) is 4.79 Å². The van der Waals surface area contributed by atoms with E-state index in [4.69, 9.17) is 4.74 Å². The van der Waals surface area contributed by atoms with Crippen LogP contribution in [0.3, 0.4) is 0 Å². The van der Waals surface area contributed by atoms with Crippen LogP contribution in [0.5, 0.6) is 5.75 Å². The quantitative estimate of drug-likeness (QED) is 0.833. The second-order valence-electron chi connectivity index (χ2n) is 4.41. The molecule has 1 N–H and O–H groups in total. The highest BCUT2D eigenvalue weighted by molar-refractivity contribution is 14.1. The molecule has 1 amide bonds. The number of ether oxygens (including phenoxy) is 1. The summed E-state index contributed by atoms with van der Waals surface area (Å²) in [5.74, 6) is 1.40. The topological polar surface area (TPSA) is 38.3 Å². The van der Waals surface area contributed by atoms with Crippen molar-refractivity contribution in [2.45, 2.75) is 25.8 Å². The van der Waals surface area contributed by atoms with Gasteiger partial charge in [-0.15, -0.1) is 0 Å². The molecule has 0 aromatic heterocycles. The number of amides is 1. The summed E-state index contributed by atoms with van der Waals surface area (Å²) >= 11 is 2.20. The molecule has 1 saturated carbocycles. The maximum absolute atomic E-state index is 11.6. The molecule has 0 unspecified atom stereocenters. The molecule has 2 rings (SSSR count). The SMILES string of the molecule is C[C@H](NC(=O)COc1ccccc1I)C1CC1. The lowest BCUT2D eigenvalue weighted by molar-refractivity contribution is -0.123. The summed E-state index contributed by atoms with van der Waals surface area (Å²) in [4.78, 5) is 11.6. The van der Waals surface area contributed by atoms with Crippen LogP contribution in [0.15, 0.2) is 24.3 Å². The summed E-state index contributed by atoms with van der Waals surface area (Å²) in [5.41, 5.74) is 0. The fourth-order valence-corrected chi connectivity index (χ4v) is 2.26. The van der Waals surface area contributed by atoms with Gasteiger partial charge < -0.3 is 10.1 Å². The van der Waals surface area contributed by atoms with Crippen molar-refractivity contribution in [3.8, 4) is 5.75 Å². The Morgan fingerprint density at radius 3 is 2.88 bits per heavy atom. The number of para-hydroxylation sites is 1. The molecule has 17 heavy (non-hydrogen) atoms. The minimum Gasteiger partial charge on any atom is -0.483 e. The molecule has 1 aliphatic rings. The third-order valence-electron chi connectivity index (χ3n) is 2.91. The van der Waals surface area contributed by atoms with Gasteiger partial charge in [0.1, 0.15) is 5.75 Å². The zero-order valence-corrected chi connectivity index (χ0v) is 11.9. The first kappa shape index (κ1) is 12.7. The molecule has 4 heteroatoms. The van der Waals surface area contributed by atoms with Gasteiger partial charge in [-0.25, -0.2) is 0 Å². The number of carbonyl (C=O) groups is 1. The van der Waals surface area contributed by atoms with Crippen molar-refractivity contribution in [1.82, 2.24) is 5.32 Å². The van der Waals surface area contributed by atoms with Crippen molar-refractivity contribution in [3.63, 3.8) is 0 Å². The smallest absolute Gasteiger partial charge is 0.258 e. The van der Waals surface area contributed by atoms with Crippen LogP contribution < -0.4 is 10.1 Å². The normalized spacial score (nSPS) is 16.4. The van der Waals surface area contributed by atoms with Crippen LogP contribution in [-0.2, 0) is 4.79 Å². The second-order valence-corrected chi connectivity index (χ2v) is 5.57. The van der Waals surface area contributed by atoms with E-state index >= 15 is 0 Å². The van der Waals surface area contributed by atoms with Crippen molar-refractivity contribution < 1.29 is 9.53 Å². The highest BCUT2D eigenvalue weighted by atomic mass is 127. The van der Waals surface area contributed by atoms with Gasteiger partial charge >= 0.3 is 0 Å². The van der Waals surface area contributed by atoms with Gasteiger partial charge in [-0.3, -0.25) is 4.79 Å². The predicted molar refractivity (Wildman–Crippen MR) is 75.0 cm³/mol. The molecule has 1 fully saturated rings. The summed E-state index contributed by atoms with van der Waals surface area (Å²) in [6.45, 7) is 2.15. The van der Waals surface area contributed by atoms with Crippen molar-refractivity contribution in [2.24, 2.45) is 5.92 Å². The van der Waals surface area contributed by atoms with E-state index in [0.717, 1.165) is 9.32 Å². The van der Waals surface area contributed by atoms with E-state index in [1.165, 1.54) is 12.8 Å². The first-order chi connectivity index (χ1) is 8.16. The van der Waals surface area contributed by atoms with Crippen molar-refractivity contribution in [3.05, 3.63) is 27.8 Å². The largest absolute Gasteiger partial charge is 0.483 e. The van der Waals surface area contributed by atoms with E-state index < -0.39 is 0 Å². The van der Waals surface area contributed by atoms with E-state index in [1.54, 1.807) is 0 Å². The number of hydrogen-bond donors (Lipinski definition) is 1. The average Bonchev–Trinajstić information content (AvgIpc) is 3.11. The number of rotatable bonds is 5. The maximum Gasteiger partial charge on any atom is 0.258 e. The van der Waals surface area contributed by atoms with Gasteiger partial charge in [-0.2, -0.15) is 0 Å². The van der Waals surface area contributed by atoms with Crippen molar-refractivity contribution in [1.29, 1.82) is 0 Å². The Hall–Kier alpha value is -0.780. The molecular weight excluding hydrogens is 329 g/mol. The monoisotopic (exact) mass is 345 g/mol. The summed E-state index contributed by atoms with van der Waals surface area (Å²) in [7, 11) is 0. The summed E-state index contributed by atoms with van der Waals surface area (Å²) < 4.78 is 6.50. The number of hydrogen-bond acceptors (Lipinski definition) is 2. The first-order valence-corrected chi connectivity index (χ1v) is 6.91. The van der Waals surface area contributed by atoms with Crippen LogP contribution in [-0.4, -0.2) is 18.6 Å². The van der Waals surface area contributed by atoms with Crippen LogP contribution >= 0.6 is 22.6 Å². The Labute approximate surface area is 115 Å².